The van der Waals surface area contributed by atoms with Crippen LogP contribution in [0.3, 0.4) is 0 Å². The molecule has 80 valence electrons. The fraction of sp³-hybridized carbons (Fsp3) is 1.00. The molecule has 1 N–H and O–H groups in total. The van der Waals surface area contributed by atoms with Crippen molar-refractivity contribution in [2.75, 3.05) is 19.8 Å². The number of halogens is 2. The summed E-state index contributed by atoms with van der Waals surface area (Å²) >= 11 is 0. The SMILES string of the molecule is CCOP(=O)(OCC)C(F)(F)CO. The van der Waals surface area contributed by atoms with Crippen molar-refractivity contribution in [3.63, 3.8) is 0 Å². The van der Waals surface area contributed by atoms with Crippen LogP contribution in [0.2, 0.25) is 0 Å². The van der Waals surface area contributed by atoms with E-state index in [9.17, 15) is 13.3 Å². The van der Waals surface area contributed by atoms with E-state index in [1.165, 1.54) is 13.8 Å². The molecule has 0 heterocycles. The summed E-state index contributed by atoms with van der Waals surface area (Å²) in [5.41, 5.74) is -3.83. The van der Waals surface area contributed by atoms with Gasteiger partial charge in [-0.3, -0.25) is 4.57 Å². The summed E-state index contributed by atoms with van der Waals surface area (Å²) in [7, 11) is -4.51. The smallest absolute Gasteiger partial charge is 0.389 e. The van der Waals surface area contributed by atoms with Crippen molar-refractivity contribution in [1.29, 1.82) is 0 Å². The highest BCUT2D eigenvalue weighted by atomic mass is 31.2. The molecule has 0 radical (unpaired) electrons. The third-order valence-corrected chi connectivity index (χ3v) is 3.33. The fourth-order valence-electron chi connectivity index (χ4n) is 0.653. The molecule has 0 saturated heterocycles. The summed E-state index contributed by atoms with van der Waals surface area (Å²) in [5.74, 6) is 0. The Morgan fingerprint density at radius 3 is 1.92 bits per heavy atom. The maximum Gasteiger partial charge on any atom is 0.402 e. The molecular formula is C6H13F2O4P. The highest BCUT2D eigenvalue weighted by Gasteiger charge is 2.52. The average molecular weight is 218 g/mol. The standard InChI is InChI=1S/C6H13F2O4P/c1-3-11-13(10,12-4-2)6(7,8)5-9/h9H,3-5H2,1-2H3. The first-order valence-corrected chi connectivity index (χ1v) is 5.35. The normalized spacial score (nSPS) is 13.3. The first kappa shape index (κ1) is 13.0. The Hall–Kier alpha value is -0.0300. The fourth-order valence-corrected chi connectivity index (χ4v) is 1.96. The van der Waals surface area contributed by atoms with Gasteiger partial charge in [0.2, 0.25) is 0 Å². The van der Waals surface area contributed by atoms with Crippen LogP contribution < -0.4 is 0 Å². The van der Waals surface area contributed by atoms with E-state index in [2.05, 4.69) is 9.05 Å². The topological polar surface area (TPSA) is 55.8 Å². The van der Waals surface area contributed by atoms with Crippen molar-refractivity contribution < 1.29 is 27.5 Å². The van der Waals surface area contributed by atoms with Gasteiger partial charge in [0.15, 0.2) is 0 Å². The summed E-state index contributed by atoms with van der Waals surface area (Å²) in [4.78, 5) is 0. The molecule has 0 aliphatic rings. The van der Waals surface area contributed by atoms with Crippen LogP contribution in [-0.4, -0.2) is 30.6 Å². The van der Waals surface area contributed by atoms with E-state index in [4.69, 9.17) is 5.11 Å². The van der Waals surface area contributed by atoms with E-state index in [1.807, 2.05) is 0 Å². The van der Waals surface area contributed by atoms with Gasteiger partial charge < -0.3 is 14.2 Å². The van der Waals surface area contributed by atoms with Gasteiger partial charge in [0.25, 0.3) is 0 Å². The number of alkyl halides is 2. The van der Waals surface area contributed by atoms with E-state index >= 15 is 0 Å². The van der Waals surface area contributed by atoms with E-state index < -0.39 is 19.9 Å². The lowest BCUT2D eigenvalue weighted by Crippen LogP contribution is -2.24. The van der Waals surface area contributed by atoms with E-state index in [0.29, 0.717) is 0 Å². The molecule has 0 fully saturated rings. The van der Waals surface area contributed by atoms with Gasteiger partial charge in [0, 0.05) is 0 Å². The minimum atomic E-state index is -4.51. The van der Waals surface area contributed by atoms with Crippen LogP contribution >= 0.6 is 7.60 Å². The van der Waals surface area contributed by atoms with Crippen molar-refractivity contribution in [3.8, 4) is 0 Å². The molecule has 0 aliphatic heterocycles. The molecule has 0 aromatic rings. The van der Waals surface area contributed by atoms with Gasteiger partial charge in [0.1, 0.15) is 6.61 Å². The summed E-state index contributed by atoms with van der Waals surface area (Å²) in [6.07, 6.45) is 0. The molecule has 0 aliphatic carbocycles. The zero-order valence-electron chi connectivity index (χ0n) is 7.50. The minimum absolute atomic E-state index is 0.160. The molecule has 0 aromatic carbocycles. The first-order chi connectivity index (χ1) is 5.93. The highest BCUT2D eigenvalue weighted by Crippen LogP contribution is 2.61. The molecule has 0 spiro atoms. The average Bonchev–Trinajstić information content (AvgIpc) is 2.05. The van der Waals surface area contributed by atoms with Crippen LogP contribution in [0.4, 0.5) is 8.78 Å². The van der Waals surface area contributed by atoms with Gasteiger partial charge in [-0.05, 0) is 13.8 Å². The van der Waals surface area contributed by atoms with Gasteiger partial charge >= 0.3 is 13.3 Å². The summed E-state index contributed by atoms with van der Waals surface area (Å²) in [5, 5.41) is 8.30. The zero-order chi connectivity index (χ0) is 10.5. The first-order valence-electron chi connectivity index (χ1n) is 3.81. The molecule has 4 nitrogen and oxygen atoms in total. The Labute approximate surface area is 75.4 Å². The Balaban J connectivity index is 4.67. The van der Waals surface area contributed by atoms with Crippen molar-refractivity contribution in [2.24, 2.45) is 0 Å². The Kier molecular flexibility index (Phi) is 4.99. The maximum atomic E-state index is 12.8. The monoisotopic (exact) mass is 218 g/mol. The second-order valence-electron chi connectivity index (χ2n) is 2.16. The lowest BCUT2D eigenvalue weighted by molar-refractivity contribution is -0.00839. The van der Waals surface area contributed by atoms with Gasteiger partial charge in [-0.1, -0.05) is 0 Å². The lowest BCUT2D eigenvalue weighted by atomic mass is 10.8. The third-order valence-electron chi connectivity index (χ3n) is 1.19. The maximum absolute atomic E-state index is 12.8. The van der Waals surface area contributed by atoms with Gasteiger partial charge in [-0.15, -0.1) is 0 Å². The lowest BCUT2D eigenvalue weighted by Gasteiger charge is -2.23. The van der Waals surface area contributed by atoms with E-state index in [-0.39, 0.29) is 13.2 Å². The van der Waals surface area contributed by atoms with Crippen LogP contribution in [0, 0.1) is 0 Å². The van der Waals surface area contributed by atoms with Crippen LogP contribution in [0.1, 0.15) is 13.8 Å². The predicted octanol–water partition coefficient (Wildman–Crippen LogP) is 1.84. The van der Waals surface area contributed by atoms with Crippen molar-refractivity contribution in [2.45, 2.75) is 19.5 Å². The van der Waals surface area contributed by atoms with Gasteiger partial charge in [0.05, 0.1) is 13.2 Å². The molecule has 13 heavy (non-hydrogen) atoms. The molecule has 0 unspecified atom stereocenters. The number of aliphatic hydroxyl groups is 1. The summed E-state index contributed by atoms with van der Waals surface area (Å²) in [6.45, 7) is 0.961. The van der Waals surface area contributed by atoms with Crippen LogP contribution in [0.5, 0.6) is 0 Å². The second kappa shape index (κ2) is 5.00. The van der Waals surface area contributed by atoms with Crippen molar-refractivity contribution >= 4 is 7.60 Å². The van der Waals surface area contributed by atoms with E-state index in [1.54, 1.807) is 0 Å². The zero-order valence-corrected chi connectivity index (χ0v) is 8.39. The molecule has 0 saturated carbocycles. The molecule has 0 atom stereocenters. The number of hydrogen-bond acceptors (Lipinski definition) is 4. The third kappa shape index (κ3) is 2.98. The summed E-state index contributed by atoms with van der Waals surface area (Å²) < 4.78 is 45.6. The molecule has 0 aromatic heterocycles. The number of hydrogen-bond donors (Lipinski definition) is 1. The molecule has 7 heteroatoms. The molecule has 0 rings (SSSR count). The number of aliphatic hydroxyl groups excluding tert-OH is 1. The van der Waals surface area contributed by atoms with Gasteiger partial charge in [-0.2, -0.15) is 8.78 Å². The quantitative estimate of drug-likeness (QED) is 0.691. The second-order valence-corrected chi connectivity index (χ2v) is 4.32. The molecule has 0 bridgehead atoms. The van der Waals surface area contributed by atoms with Crippen molar-refractivity contribution in [3.05, 3.63) is 0 Å². The highest BCUT2D eigenvalue weighted by molar-refractivity contribution is 7.55. The minimum Gasteiger partial charge on any atom is -0.389 e. The van der Waals surface area contributed by atoms with Crippen molar-refractivity contribution in [1.82, 2.24) is 0 Å². The van der Waals surface area contributed by atoms with Crippen LogP contribution in [0.25, 0.3) is 0 Å². The largest absolute Gasteiger partial charge is 0.402 e. The number of rotatable bonds is 6. The molecular weight excluding hydrogens is 205 g/mol. The Bertz CT molecular complexity index is 187. The predicted molar refractivity (Wildman–Crippen MR) is 42.9 cm³/mol. The van der Waals surface area contributed by atoms with Crippen LogP contribution in [0.15, 0.2) is 0 Å². The molecule has 0 amide bonds. The van der Waals surface area contributed by atoms with Gasteiger partial charge in [-0.25, -0.2) is 0 Å². The van der Waals surface area contributed by atoms with Crippen LogP contribution in [-0.2, 0) is 13.6 Å². The summed E-state index contributed by atoms with van der Waals surface area (Å²) in [6, 6.07) is 0. The van der Waals surface area contributed by atoms with E-state index in [0.717, 1.165) is 0 Å². The Morgan fingerprint density at radius 1 is 1.31 bits per heavy atom. The Morgan fingerprint density at radius 2 is 1.69 bits per heavy atom.